The molecule has 0 N–H and O–H groups in total. The van der Waals surface area contributed by atoms with Gasteiger partial charge in [0.15, 0.2) is 5.82 Å². The predicted molar refractivity (Wildman–Crippen MR) is 112 cm³/mol. The Kier molecular flexibility index (Phi) is 5.44. The molecular weight excluding hydrogens is 346 g/mol. The Balaban J connectivity index is 1.76. The van der Waals surface area contributed by atoms with Crippen molar-refractivity contribution in [1.82, 2.24) is 25.1 Å². The average Bonchev–Trinajstić information content (AvgIpc) is 3.36. The molecule has 1 fully saturated rings. The lowest BCUT2D eigenvalue weighted by molar-refractivity contribution is 0.254. The normalized spacial score (nSPS) is 21.5. The van der Waals surface area contributed by atoms with E-state index in [4.69, 9.17) is 0 Å². The van der Waals surface area contributed by atoms with Gasteiger partial charge in [0.2, 0.25) is 0 Å². The van der Waals surface area contributed by atoms with Crippen LogP contribution >= 0.6 is 0 Å². The quantitative estimate of drug-likeness (QED) is 0.708. The number of aryl methyl sites for hydroxylation is 2. The van der Waals surface area contributed by atoms with Gasteiger partial charge in [-0.05, 0) is 99.0 Å². The van der Waals surface area contributed by atoms with Gasteiger partial charge in [0, 0.05) is 0 Å². The molecule has 0 saturated carbocycles. The standard InChI is InChI=1S/C23H31N5/c1-16(2)19-10-12-20(13-11-19)22(27-14-5-6-15-27)23-24-25-26-28(23)21-17(3)8-7-9-18(21)4/h7-9,12,19,22H,1,5-6,10-11,13-15H2,2-4H3. The number of aromatic nitrogens is 4. The number of para-hydroxylation sites is 1. The molecule has 0 amide bonds. The van der Waals surface area contributed by atoms with E-state index >= 15 is 0 Å². The number of allylic oxidation sites excluding steroid dienone is 2. The second-order valence-electron chi connectivity index (χ2n) is 8.43. The topological polar surface area (TPSA) is 46.8 Å². The Labute approximate surface area is 168 Å². The van der Waals surface area contributed by atoms with Crippen LogP contribution in [0, 0.1) is 19.8 Å². The van der Waals surface area contributed by atoms with Crippen molar-refractivity contribution in [3.8, 4) is 5.69 Å². The SMILES string of the molecule is C=C(C)C1CC=C(C(c2nnnn2-c2c(C)cccc2C)N2CCCC2)CC1. The molecule has 2 unspecified atom stereocenters. The van der Waals surface area contributed by atoms with Crippen LogP contribution in [0.25, 0.3) is 5.69 Å². The maximum atomic E-state index is 4.55. The number of rotatable bonds is 5. The van der Waals surface area contributed by atoms with Gasteiger partial charge >= 0.3 is 0 Å². The number of hydrogen-bond acceptors (Lipinski definition) is 4. The highest BCUT2D eigenvalue weighted by molar-refractivity contribution is 5.47. The summed E-state index contributed by atoms with van der Waals surface area (Å²) in [5.74, 6) is 1.57. The maximum Gasteiger partial charge on any atom is 0.177 e. The van der Waals surface area contributed by atoms with Gasteiger partial charge in [0.1, 0.15) is 0 Å². The Bertz CT molecular complexity index is 868. The first-order chi connectivity index (χ1) is 13.6. The van der Waals surface area contributed by atoms with E-state index in [-0.39, 0.29) is 6.04 Å². The lowest BCUT2D eigenvalue weighted by Gasteiger charge is -2.32. The minimum absolute atomic E-state index is 0.169. The molecule has 5 heteroatoms. The van der Waals surface area contributed by atoms with Crippen LogP contribution in [0.15, 0.2) is 42.0 Å². The van der Waals surface area contributed by atoms with Crippen molar-refractivity contribution in [1.29, 1.82) is 0 Å². The fourth-order valence-electron chi connectivity index (χ4n) is 4.78. The molecule has 4 rings (SSSR count). The second-order valence-corrected chi connectivity index (χ2v) is 8.43. The summed E-state index contributed by atoms with van der Waals surface area (Å²) >= 11 is 0. The van der Waals surface area contributed by atoms with E-state index in [1.165, 1.54) is 41.5 Å². The number of tetrazole rings is 1. The molecule has 0 bridgehead atoms. The molecule has 2 atom stereocenters. The largest absolute Gasteiger partial charge is 0.290 e. The minimum Gasteiger partial charge on any atom is -0.290 e. The van der Waals surface area contributed by atoms with Gasteiger partial charge in [-0.3, -0.25) is 4.90 Å². The monoisotopic (exact) mass is 377 g/mol. The Morgan fingerprint density at radius 2 is 1.89 bits per heavy atom. The zero-order valence-electron chi connectivity index (χ0n) is 17.4. The van der Waals surface area contributed by atoms with Crippen molar-refractivity contribution in [2.45, 2.75) is 58.9 Å². The van der Waals surface area contributed by atoms with E-state index in [0.717, 1.165) is 37.4 Å². The van der Waals surface area contributed by atoms with Crippen molar-refractivity contribution in [3.63, 3.8) is 0 Å². The van der Waals surface area contributed by atoms with Crippen molar-refractivity contribution >= 4 is 0 Å². The minimum atomic E-state index is 0.169. The summed E-state index contributed by atoms with van der Waals surface area (Å²) in [6, 6.07) is 6.53. The maximum absolute atomic E-state index is 4.55. The molecule has 2 heterocycles. The average molecular weight is 378 g/mol. The van der Waals surface area contributed by atoms with Gasteiger partial charge in [-0.2, -0.15) is 4.68 Å². The van der Waals surface area contributed by atoms with Gasteiger partial charge in [-0.15, -0.1) is 5.10 Å². The van der Waals surface area contributed by atoms with Crippen molar-refractivity contribution < 1.29 is 0 Å². The highest BCUT2D eigenvalue weighted by atomic mass is 15.6. The number of likely N-dealkylation sites (tertiary alicyclic amines) is 1. The Morgan fingerprint density at radius 3 is 2.50 bits per heavy atom. The molecular formula is C23H31N5. The van der Waals surface area contributed by atoms with E-state index in [1.54, 1.807) is 0 Å². The molecule has 1 aliphatic carbocycles. The van der Waals surface area contributed by atoms with Crippen LogP contribution in [0.3, 0.4) is 0 Å². The highest BCUT2D eigenvalue weighted by Crippen LogP contribution is 2.39. The fourth-order valence-corrected chi connectivity index (χ4v) is 4.78. The summed E-state index contributed by atoms with van der Waals surface area (Å²) in [7, 11) is 0. The number of nitrogens with zero attached hydrogens (tertiary/aromatic N) is 5. The van der Waals surface area contributed by atoms with Crippen LogP contribution in [0.1, 0.15) is 62.0 Å². The summed E-state index contributed by atoms with van der Waals surface area (Å²) in [5, 5.41) is 13.1. The second kappa shape index (κ2) is 8.00. The zero-order chi connectivity index (χ0) is 19.7. The third kappa shape index (κ3) is 3.55. The summed E-state index contributed by atoms with van der Waals surface area (Å²) in [6.45, 7) is 12.8. The van der Waals surface area contributed by atoms with Crippen LogP contribution in [0.5, 0.6) is 0 Å². The van der Waals surface area contributed by atoms with E-state index < -0.39 is 0 Å². The summed E-state index contributed by atoms with van der Waals surface area (Å²) < 4.78 is 1.99. The highest BCUT2D eigenvalue weighted by Gasteiger charge is 2.33. The Morgan fingerprint density at radius 1 is 1.18 bits per heavy atom. The third-order valence-corrected chi connectivity index (χ3v) is 6.39. The van der Waals surface area contributed by atoms with Gasteiger partial charge in [0.25, 0.3) is 0 Å². The van der Waals surface area contributed by atoms with E-state index in [1.807, 2.05) is 4.68 Å². The number of benzene rings is 1. The molecule has 2 aliphatic rings. The van der Waals surface area contributed by atoms with Crippen molar-refractivity contribution in [2.75, 3.05) is 13.1 Å². The zero-order valence-corrected chi connectivity index (χ0v) is 17.4. The first-order valence-electron chi connectivity index (χ1n) is 10.5. The summed E-state index contributed by atoms with van der Waals surface area (Å²) in [4.78, 5) is 2.57. The van der Waals surface area contributed by atoms with Crippen LogP contribution < -0.4 is 0 Å². The van der Waals surface area contributed by atoms with Crippen LogP contribution in [-0.4, -0.2) is 38.2 Å². The molecule has 1 aromatic heterocycles. The molecule has 28 heavy (non-hydrogen) atoms. The molecule has 1 aliphatic heterocycles. The molecule has 5 nitrogen and oxygen atoms in total. The third-order valence-electron chi connectivity index (χ3n) is 6.39. The summed E-state index contributed by atoms with van der Waals surface area (Å²) in [5.41, 5.74) is 6.29. The lowest BCUT2D eigenvalue weighted by atomic mass is 9.83. The van der Waals surface area contributed by atoms with Crippen LogP contribution in [0.4, 0.5) is 0 Å². The van der Waals surface area contributed by atoms with Crippen LogP contribution in [0.2, 0.25) is 0 Å². The van der Waals surface area contributed by atoms with Gasteiger partial charge in [0.05, 0.1) is 11.7 Å². The van der Waals surface area contributed by atoms with E-state index in [2.05, 4.69) is 72.1 Å². The molecule has 1 aromatic carbocycles. The fraction of sp³-hybridized carbons (Fsp3) is 0.522. The molecule has 2 aromatic rings. The number of hydrogen-bond donors (Lipinski definition) is 0. The molecule has 1 saturated heterocycles. The molecule has 148 valence electrons. The predicted octanol–water partition coefficient (Wildman–Crippen LogP) is 4.72. The van der Waals surface area contributed by atoms with Gasteiger partial charge < -0.3 is 0 Å². The van der Waals surface area contributed by atoms with Gasteiger partial charge in [-0.1, -0.05) is 36.4 Å². The van der Waals surface area contributed by atoms with Gasteiger partial charge in [-0.25, -0.2) is 0 Å². The molecule has 0 radical (unpaired) electrons. The van der Waals surface area contributed by atoms with E-state index in [0.29, 0.717) is 5.92 Å². The smallest absolute Gasteiger partial charge is 0.177 e. The first-order valence-corrected chi connectivity index (χ1v) is 10.5. The van der Waals surface area contributed by atoms with E-state index in [9.17, 15) is 0 Å². The summed E-state index contributed by atoms with van der Waals surface area (Å²) in [6.07, 6.45) is 8.30. The van der Waals surface area contributed by atoms with Crippen LogP contribution in [-0.2, 0) is 0 Å². The molecule has 0 spiro atoms. The van der Waals surface area contributed by atoms with Crippen molar-refractivity contribution in [3.05, 3.63) is 59.0 Å². The Hall–Kier alpha value is -2.27. The van der Waals surface area contributed by atoms with Crippen molar-refractivity contribution in [2.24, 2.45) is 5.92 Å². The first kappa shape index (κ1) is 19.1. The lowest BCUT2D eigenvalue weighted by Crippen LogP contribution is -2.31.